The summed E-state index contributed by atoms with van der Waals surface area (Å²) in [6.07, 6.45) is 8.81. The number of likely N-dealkylation sites (tertiary alicyclic amines) is 1. The predicted molar refractivity (Wildman–Crippen MR) is 95.3 cm³/mol. The molecule has 2 aliphatic rings. The molecule has 6 heteroatoms. The fourth-order valence-corrected chi connectivity index (χ4v) is 4.09. The van der Waals surface area contributed by atoms with Crippen molar-refractivity contribution >= 4 is 11.6 Å². The first kappa shape index (κ1) is 16.0. The van der Waals surface area contributed by atoms with Gasteiger partial charge in [-0.3, -0.25) is 9.78 Å². The van der Waals surface area contributed by atoms with Gasteiger partial charge in [0.15, 0.2) is 0 Å². The smallest absolute Gasteiger partial charge is 0.257 e. The number of aryl methyl sites for hydroxylation is 1. The minimum atomic E-state index is 0.0651. The first-order chi connectivity index (χ1) is 12.2. The Morgan fingerprint density at radius 1 is 1.12 bits per heavy atom. The van der Waals surface area contributed by atoms with E-state index in [2.05, 4.69) is 32.0 Å². The highest BCUT2D eigenvalue weighted by molar-refractivity contribution is 5.93. The summed E-state index contributed by atoms with van der Waals surface area (Å²) in [5.74, 6) is 1.23. The van der Waals surface area contributed by atoms with E-state index in [1.54, 1.807) is 12.4 Å². The maximum absolute atomic E-state index is 12.6. The van der Waals surface area contributed by atoms with Crippen molar-refractivity contribution in [2.45, 2.75) is 19.8 Å². The molecule has 0 N–H and O–H groups in total. The molecule has 2 aromatic heterocycles. The Morgan fingerprint density at radius 3 is 2.44 bits per heavy atom. The van der Waals surface area contributed by atoms with Gasteiger partial charge in [0.25, 0.3) is 5.91 Å². The fraction of sp³-hybridized carbons (Fsp3) is 0.474. The van der Waals surface area contributed by atoms with Gasteiger partial charge in [-0.05, 0) is 43.7 Å². The van der Waals surface area contributed by atoms with Crippen molar-refractivity contribution in [3.63, 3.8) is 0 Å². The van der Waals surface area contributed by atoms with Crippen molar-refractivity contribution < 1.29 is 4.79 Å². The molecule has 2 atom stereocenters. The molecule has 1 amide bonds. The molecule has 0 aromatic carbocycles. The van der Waals surface area contributed by atoms with E-state index in [-0.39, 0.29) is 5.91 Å². The van der Waals surface area contributed by atoms with Crippen LogP contribution in [-0.4, -0.2) is 51.9 Å². The van der Waals surface area contributed by atoms with Gasteiger partial charge < -0.3 is 9.80 Å². The third-order valence-electron chi connectivity index (χ3n) is 5.46. The maximum Gasteiger partial charge on any atom is 0.257 e. The highest BCUT2D eigenvalue weighted by Gasteiger charge is 2.37. The number of anilines is 1. The third kappa shape index (κ3) is 3.34. The summed E-state index contributed by atoms with van der Waals surface area (Å²) in [5.41, 5.74) is 2.92. The van der Waals surface area contributed by atoms with Crippen LogP contribution in [0, 0.1) is 18.8 Å². The fourth-order valence-electron chi connectivity index (χ4n) is 4.09. The minimum Gasteiger partial charge on any atom is -0.371 e. The van der Waals surface area contributed by atoms with Crippen molar-refractivity contribution in [2.75, 3.05) is 31.1 Å². The van der Waals surface area contributed by atoms with Crippen molar-refractivity contribution in [1.29, 1.82) is 0 Å². The lowest BCUT2D eigenvalue weighted by Gasteiger charge is -2.24. The zero-order valence-corrected chi connectivity index (χ0v) is 14.5. The lowest BCUT2D eigenvalue weighted by atomic mass is 9.92. The molecule has 0 radical (unpaired) electrons. The number of carbonyl (C=O) groups is 1. The molecule has 25 heavy (non-hydrogen) atoms. The van der Waals surface area contributed by atoms with Gasteiger partial charge in [0.2, 0.25) is 0 Å². The Balaban J connectivity index is 1.41. The normalized spacial score (nSPS) is 23.2. The molecule has 0 spiro atoms. The van der Waals surface area contributed by atoms with E-state index in [0.29, 0.717) is 17.4 Å². The quantitative estimate of drug-likeness (QED) is 0.840. The second kappa shape index (κ2) is 6.78. The number of hydrogen-bond acceptors (Lipinski definition) is 5. The van der Waals surface area contributed by atoms with Crippen LogP contribution in [0.3, 0.4) is 0 Å². The molecule has 2 saturated heterocycles. The summed E-state index contributed by atoms with van der Waals surface area (Å²) in [7, 11) is 0. The highest BCUT2D eigenvalue weighted by Crippen LogP contribution is 2.33. The van der Waals surface area contributed by atoms with Gasteiger partial charge in [-0.2, -0.15) is 0 Å². The number of aromatic nitrogens is 3. The number of hydrogen-bond donors (Lipinski definition) is 0. The second-order valence-electron chi connectivity index (χ2n) is 7.08. The van der Waals surface area contributed by atoms with Crippen molar-refractivity contribution in [2.24, 2.45) is 11.8 Å². The topological polar surface area (TPSA) is 62.2 Å². The number of fused-ring (bicyclic) bond motifs is 1. The molecular weight excluding hydrogens is 314 g/mol. The van der Waals surface area contributed by atoms with Crippen molar-refractivity contribution in [3.8, 4) is 0 Å². The van der Waals surface area contributed by atoms with Crippen LogP contribution in [0.15, 0.2) is 37.1 Å². The van der Waals surface area contributed by atoms with Crippen molar-refractivity contribution in [1.82, 2.24) is 19.9 Å². The summed E-state index contributed by atoms with van der Waals surface area (Å²) in [5, 5.41) is 0. The number of nitrogens with zero attached hydrogens (tertiary/aromatic N) is 5. The molecule has 130 valence electrons. The lowest BCUT2D eigenvalue weighted by Crippen LogP contribution is -2.31. The Morgan fingerprint density at radius 2 is 1.80 bits per heavy atom. The Bertz CT molecular complexity index is 734. The van der Waals surface area contributed by atoms with Gasteiger partial charge in [-0.15, -0.1) is 0 Å². The summed E-state index contributed by atoms with van der Waals surface area (Å²) in [4.78, 5) is 29.3. The van der Waals surface area contributed by atoms with E-state index >= 15 is 0 Å². The molecule has 4 rings (SSSR count). The first-order valence-corrected chi connectivity index (χ1v) is 8.92. The molecule has 2 fully saturated rings. The SMILES string of the molecule is Cc1cc(N2CC[C@@H]3CN(C(=O)c4cncnc4)C[C@@H]3CC2)ccn1. The van der Waals surface area contributed by atoms with Crippen LogP contribution in [0.4, 0.5) is 5.69 Å². The average Bonchev–Trinajstić information content (AvgIpc) is 2.95. The second-order valence-corrected chi connectivity index (χ2v) is 7.08. The third-order valence-corrected chi connectivity index (χ3v) is 5.46. The van der Waals surface area contributed by atoms with E-state index in [0.717, 1.165) is 44.7 Å². The number of rotatable bonds is 2. The minimum absolute atomic E-state index is 0.0651. The van der Waals surface area contributed by atoms with Gasteiger partial charge in [-0.25, -0.2) is 9.97 Å². The van der Waals surface area contributed by atoms with Crippen LogP contribution in [0.25, 0.3) is 0 Å². The largest absolute Gasteiger partial charge is 0.371 e. The summed E-state index contributed by atoms with van der Waals surface area (Å²) < 4.78 is 0. The number of pyridine rings is 1. The zero-order valence-electron chi connectivity index (χ0n) is 14.5. The summed E-state index contributed by atoms with van der Waals surface area (Å²) in [6, 6.07) is 4.26. The highest BCUT2D eigenvalue weighted by atomic mass is 16.2. The van der Waals surface area contributed by atoms with Crippen LogP contribution in [0.1, 0.15) is 28.9 Å². The Kier molecular flexibility index (Phi) is 4.34. The molecule has 0 aliphatic carbocycles. The van der Waals surface area contributed by atoms with Gasteiger partial charge in [0.1, 0.15) is 6.33 Å². The van der Waals surface area contributed by atoms with Crippen LogP contribution in [0.5, 0.6) is 0 Å². The van der Waals surface area contributed by atoms with Gasteiger partial charge in [0.05, 0.1) is 5.56 Å². The molecule has 6 nitrogen and oxygen atoms in total. The van der Waals surface area contributed by atoms with Crippen LogP contribution in [0.2, 0.25) is 0 Å². The first-order valence-electron chi connectivity index (χ1n) is 8.92. The van der Waals surface area contributed by atoms with Gasteiger partial charge in [0, 0.05) is 56.2 Å². The summed E-state index contributed by atoms with van der Waals surface area (Å²) in [6.45, 7) is 5.82. The van der Waals surface area contributed by atoms with E-state index in [9.17, 15) is 4.79 Å². The van der Waals surface area contributed by atoms with E-state index < -0.39 is 0 Å². The predicted octanol–water partition coefficient (Wildman–Crippen LogP) is 2.17. The molecule has 0 saturated carbocycles. The Hall–Kier alpha value is -2.50. The van der Waals surface area contributed by atoms with E-state index in [4.69, 9.17) is 0 Å². The van der Waals surface area contributed by atoms with Crippen LogP contribution >= 0.6 is 0 Å². The molecule has 4 heterocycles. The van der Waals surface area contributed by atoms with Crippen LogP contribution in [-0.2, 0) is 0 Å². The van der Waals surface area contributed by atoms with E-state index in [1.165, 1.54) is 12.0 Å². The number of carbonyl (C=O) groups excluding carboxylic acids is 1. The van der Waals surface area contributed by atoms with Gasteiger partial charge in [-0.1, -0.05) is 0 Å². The average molecular weight is 337 g/mol. The molecule has 2 aromatic rings. The molecular formula is C19H23N5O. The monoisotopic (exact) mass is 337 g/mol. The van der Waals surface area contributed by atoms with E-state index in [1.807, 2.05) is 18.0 Å². The van der Waals surface area contributed by atoms with Crippen molar-refractivity contribution in [3.05, 3.63) is 48.3 Å². The molecule has 0 unspecified atom stereocenters. The van der Waals surface area contributed by atoms with Gasteiger partial charge >= 0.3 is 0 Å². The number of amides is 1. The molecule has 2 aliphatic heterocycles. The summed E-state index contributed by atoms with van der Waals surface area (Å²) >= 11 is 0. The zero-order chi connectivity index (χ0) is 17.2. The molecule has 0 bridgehead atoms. The standard InChI is InChI=1S/C19H23N5O/c1-14-8-18(2-5-22-14)23-6-3-15-11-24(12-16(15)4-7-23)19(25)17-9-20-13-21-10-17/h2,5,8-10,13,15-16H,3-4,6-7,11-12H2,1H3/t15-,16+. The lowest BCUT2D eigenvalue weighted by molar-refractivity contribution is 0.0782. The van der Waals surface area contributed by atoms with Crippen LogP contribution < -0.4 is 4.90 Å². The maximum atomic E-state index is 12.6. The Labute approximate surface area is 147 Å².